The highest BCUT2D eigenvalue weighted by Gasteiger charge is 2.35. The lowest BCUT2D eigenvalue weighted by Gasteiger charge is -2.34. The monoisotopic (exact) mass is 324 g/mol. The molecule has 1 aromatic heterocycles. The molecule has 1 aliphatic heterocycles. The van der Waals surface area contributed by atoms with E-state index in [0.29, 0.717) is 18.7 Å². The zero-order valence-electron chi connectivity index (χ0n) is 12.0. The second-order valence-electron chi connectivity index (χ2n) is 5.30. The van der Waals surface area contributed by atoms with Gasteiger partial charge in [0.2, 0.25) is 10.0 Å². The van der Waals surface area contributed by atoms with Crippen LogP contribution in [0.1, 0.15) is 24.2 Å². The van der Waals surface area contributed by atoms with Gasteiger partial charge in [0.1, 0.15) is 4.90 Å². The Morgan fingerprint density at radius 1 is 1.19 bits per heavy atom. The minimum Gasteiger partial charge on any atom is -0.349 e. The van der Waals surface area contributed by atoms with Gasteiger partial charge in [-0.3, -0.25) is 0 Å². The predicted molar refractivity (Wildman–Crippen MR) is 82.9 cm³/mol. The first kappa shape index (κ1) is 14.6. The molecule has 0 aliphatic carbocycles. The van der Waals surface area contributed by atoms with Crippen LogP contribution in [0.3, 0.4) is 0 Å². The van der Waals surface area contributed by atoms with E-state index in [0.717, 1.165) is 5.69 Å². The van der Waals surface area contributed by atoms with Crippen LogP contribution in [-0.2, 0) is 16.6 Å². The second-order valence-corrected chi connectivity index (χ2v) is 7.54. The van der Waals surface area contributed by atoms with Gasteiger partial charge < -0.3 is 4.57 Å². The van der Waals surface area contributed by atoms with Gasteiger partial charge >= 0.3 is 0 Å². The molecular weight excluding hydrogens is 308 g/mol. The van der Waals surface area contributed by atoms with Gasteiger partial charge in [0, 0.05) is 25.0 Å². The average molecular weight is 325 g/mol. The number of benzene rings is 1. The minimum absolute atomic E-state index is 0.200. The van der Waals surface area contributed by atoms with Crippen molar-refractivity contribution in [3.05, 3.63) is 52.8 Å². The van der Waals surface area contributed by atoms with E-state index >= 15 is 0 Å². The molecule has 1 atom stereocenters. The van der Waals surface area contributed by atoms with Crippen molar-refractivity contribution < 1.29 is 8.42 Å². The minimum atomic E-state index is -3.61. The molecule has 2 aromatic rings. The van der Waals surface area contributed by atoms with Crippen molar-refractivity contribution in [2.24, 2.45) is 0 Å². The van der Waals surface area contributed by atoms with E-state index in [4.69, 9.17) is 11.6 Å². The van der Waals surface area contributed by atoms with E-state index in [9.17, 15) is 8.42 Å². The van der Waals surface area contributed by atoms with Crippen molar-refractivity contribution in [3.63, 3.8) is 0 Å². The van der Waals surface area contributed by atoms with Crippen LogP contribution in [0.25, 0.3) is 0 Å². The molecule has 1 aromatic carbocycles. The van der Waals surface area contributed by atoms with Gasteiger partial charge in [-0.1, -0.05) is 23.7 Å². The Morgan fingerprint density at radius 2 is 1.95 bits per heavy atom. The van der Waals surface area contributed by atoms with Gasteiger partial charge in [-0.15, -0.1) is 0 Å². The van der Waals surface area contributed by atoms with E-state index in [2.05, 4.69) is 4.57 Å². The van der Waals surface area contributed by atoms with Gasteiger partial charge in [0.15, 0.2) is 0 Å². The highest BCUT2D eigenvalue weighted by atomic mass is 35.5. The summed E-state index contributed by atoms with van der Waals surface area (Å²) in [6, 6.07) is 8.87. The number of fused-ring (bicyclic) bond motifs is 1. The average Bonchev–Trinajstić information content (AvgIpc) is 2.87. The van der Waals surface area contributed by atoms with Crippen LogP contribution in [0.5, 0.6) is 0 Å². The summed E-state index contributed by atoms with van der Waals surface area (Å²) in [6.45, 7) is 4.80. The predicted octanol–water partition coefficient (Wildman–Crippen LogP) is 3.22. The summed E-state index contributed by atoms with van der Waals surface area (Å²) >= 11 is 6.15. The van der Waals surface area contributed by atoms with Crippen molar-refractivity contribution >= 4 is 21.6 Å². The summed E-state index contributed by atoms with van der Waals surface area (Å²) in [5, 5.41) is 0.281. The van der Waals surface area contributed by atoms with Crippen LogP contribution in [0.15, 0.2) is 41.4 Å². The van der Waals surface area contributed by atoms with Gasteiger partial charge in [0.05, 0.1) is 11.1 Å². The number of nitrogens with zero attached hydrogens (tertiary/aromatic N) is 2. The zero-order chi connectivity index (χ0) is 15.2. The number of aromatic nitrogens is 1. The molecule has 6 heteroatoms. The molecule has 112 valence electrons. The van der Waals surface area contributed by atoms with E-state index in [1.807, 2.05) is 25.3 Å². The second kappa shape index (κ2) is 5.16. The molecule has 0 spiro atoms. The molecule has 0 radical (unpaired) electrons. The van der Waals surface area contributed by atoms with Crippen LogP contribution in [0.2, 0.25) is 5.02 Å². The van der Waals surface area contributed by atoms with Gasteiger partial charge in [-0.05, 0) is 37.6 Å². The van der Waals surface area contributed by atoms with E-state index in [1.54, 1.807) is 25.1 Å². The highest BCUT2D eigenvalue weighted by Crippen LogP contribution is 2.34. The molecule has 2 heterocycles. The quantitative estimate of drug-likeness (QED) is 0.851. The molecule has 0 bridgehead atoms. The maximum absolute atomic E-state index is 13.0. The Hall–Kier alpha value is -1.30. The van der Waals surface area contributed by atoms with Crippen LogP contribution >= 0.6 is 11.6 Å². The molecule has 0 amide bonds. The number of hydrogen-bond donors (Lipinski definition) is 0. The first-order valence-electron chi connectivity index (χ1n) is 6.85. The Balaban J connectivity index is 2.08. The number of aryl methyl sites for hydroxylation is 1. The lowest BCUT2D eigenvalue weighted by molar-refractivity contribution is 0.282. The Bertz CT molecular complexity index is 762. The fourth-order valence-electron chi connectivity index (χ4n) is 2.95. The van der Waals surface area contributed by atoms with Gasteiger partial charge in [-0.25, -0.2) is 8.42 Å². The molecule has 0 N–H and O–H groups in total. The number of sulfonamides is 1. The van der Waals surface area contributed by atoms with Gasteiger partial charge in [-0.2, -0.15) is 4.31 Å². The number of rotatable bonds is 2. The molecule has 0 saturated heterocycles. The summed E-state index contributed by atoms with van der Waals surface area (Å²) < 4.78 is 29.6. The lowest BCUT2D eigenvalue weighted by Crippen LogP contribution is -2.40. The Morgan fingerprint density at radius 3 is 2.67 bits per heavy atom. The molecular formula is C15H17ClN2O2S. The highest BCUT2D eigenvalue weighted by molar-refractivity contribution is 7.89. The number of hydrogen-bond acceptors (Lipinski definition) is 2. The standard InChI is InChI=1S/C15H17ClN2O2S/c1-11-5-3-6-13(16)15(11)21(19,20)18-10-9-17-8-4-7-14(17)12(18)2/h3-8,12H,9-10H2,1-2H3. The van der Waals surface area contributed by atoms with E-state index in [1.165, 1.54) is 4.31 Å². The van der Waals surface area contributed by atoms with Crippen LogP contribution in [0.4, 0.5) is 0 Å². The molecule has 3 rings (SSSR count). The van der Waals surface area contributed by atoms with E-state index < -0.39 is 10.0 Å². The maximum atomic E-state index is 13.0. The van der Waals surface area contributed by atoms with Crippen molar-refractivity contribution in [2.45, 2.75) is 31.3 Å². The molecule has 21 heavy (non-hydrogen) atoms. The molecule has 1 aliphatic rings. The van der Waals surface area contributed by atoms with Crippen molar-refractivity contribution in [3.8, 4) is 0 Å². The SMILES string of the molecule is Cc1cccc(Cl)c1S(=O)(=O)N1CCn2cccc2C1C. The third-order valence-corrected chi connectivity index (χ3v) is 6.62. The van der Waals surface area contributed by atoms with Crippen molar-refractivity contribution in [1.29, 1.82) is 0 Å². The lowest BCUT2D eigenvalue weighted by atomic mass is 10.2. The van der Waals surface area contributed by atoms with Gasteiger partial charge in [0.25, 0.3) is 0 Å². The summed E-state index contributed by atoms with van der Waals surface area (Å²) in [7, 11) is -3.61. The normalized spacial score (nSPS) is 19.5. The van der Waals surface area contributed by atoms with Crippen molar-refractivity contribution in [2.75, 3.05) is 6.54 Å². The fourth-order valence-corrected chi connectivity index (χ4v) is 5.33. The topological polar surface area (TPSA) is 42.3 Å². The number of halogens is 1. The summed E-state index contributed by atoms with van der Waals surface area (Å²) in [4.78, 5) is 0.221. The van der Waals surface area contributed by atoms with Crippen LogP contribution < -0.4 is 0 Å². The molecule has 1 unspecified atom stereocenters. The Labute approximate surface area is 130 Å². The summed E-state index contributed by atoms with van der Waals surface area (Å²) in [5.41, 5.74) is 1.69. The molecule has 0 fully saturated rings. The first-order chi connectivity index (χ1) is 9.93. The summed E-state index contributed by atoms with van der Waals surface area (Å²) in [6.07, 6.45) is 1.98. The third-order valence-electron chi connectivity index (χ3n) is 4.02. The largest absolute Gasteiger partial charge is 0.349 e. The van der Waals surface area contributed by atoms with E-state index in [-0.39, 0.29) is 16.0 Å². The third kappa shape index (κ3) is 2.29. The Kier molecular flexibility index (Phi) is 3.59. The van der Waals surface area contributed by atoms with Crippen LogP contribution in [-0.4, -0.2) is 23.8 Å². The zero-order valence-corrected chi connectivity index (χ0v) is 13.5. The maximum Gasteiger partial charge on any atom is 0.245 e. The smallest absolute Gasteiger partial charge is 0.245 e. The van der Waals surface area contributed by atoms with Crippen LogP contribution in [0, 0.1) is 6.92 Å². The first-order valence-corrected chi connectivity index (χ1v) is 8.66. The van der Waals surface area contributed by atoms with Crippen molar-refractivity contribution in [1.82, 2.24) is 8.87 Å². The fraction of sp³-hybridized carbons (Fsp3) is 0.333. The molecule has 4 nitrogen and oxygen atoms in total. The summed E-state index contributed by atoms with van der Waals surface area (Å²) in [5.74, 6) is 0. The molecule has 0 saturated carbocycles.